The lowest BCUT2D eigenvalue weighted by Crippen LogP contribution is -2.34. The highest BCUT2D eigenvalue weighted by atomic mass is 16.4. The van der Waals surface area contributed by atoms with Gasteiger partial charge in [-0.3, -0.25) is 4.79 Å². The summed E-state index contributed by atoms with van der Waals surface area (Å²) in [6, 6.07) is 9.24. The third kappa shape index (κ3) is 3.08. The minimum absolute atomic E-state index is 0.195. The van der Waals surface area contributed by atoms with Crippen molar-refractivity contribution in [2.75, 3.05) is 19.0 Å². The van der Waals surface area contributed by atoms with Crippen LogP contribution in [0.15, 0.2) is 42.0 Å². The molecule has 6 heteroatoms. The molecule has 0 fully saturated rings. The fourth-order valence-electron chi connectivity index (χ4n) is 2.90. The van der Waals surface area contributed by atoms with Gasteiger partial charge in [-0.1, -0.05) is 24.3 Å². The van der Waals surface area contributed by atoms with E-state index in [4.69, 9.17) is 5.11 Å². The summed E-state index contributed by atoms with van der Waals surface area (Å²) in [5, 5.41) is 12.9. The van der Waals surface area contributed by atoms with Crippen LogP contribution in [0.2, 0.25) is 0 Å². The zero-order valence-corrected chi connectivity index (χ0v) is 13.6. The molecule has 0 bridgehead atoms. The zero-order chi connectivity index (χ0) is 17.3. The van der Waals surface area contributed by atoms with Gasteiger partial charge in [-0.2, -0.15) is 0 Å². The van der Waals surface area contributed by atoms with Gasteiger partial charge in [-0.25, -0.2) is 9.78 Å². The number of nitrogens with one attached hydrogen (secondary N) is 1. The van der Waals surface area contributed by atoms with Crippen molar-refractivity contribution in [2.45, 2.75) is 18.9 Å². The first-order valence-electron chi connectivity index (χ1n) is 7.76. The Bertz CT molecular complexity index is 843. The number of carbonyl (C=O) groups is 2. The molecule has 6 nitrogen and oxygen atoms in total. The normalized spacial score (nSPS) is 16.8. The van der Waals surface area contributed by atoms with Crippen LogP contribution in [0.5, 0.6) is 0 Å². The maximum Gasteiger partial charge on any atom is 0.331 e. The number of rotatable bonds is 4. The summed E-state index contributed by atoms with van der Waals surface area (Å²) in [5.41, 5.74) is 2.35. The van der Waals surface area contributed by atoms with Gasteiger partial charge in [-0.05, 0) is 25.0 Å². The van der Waals surface area contributed by atoms with Gasteiger partial charge in [0.1, 0.15) is 5.69 Å². The van der Waals surface area contributed by atoms with E-state index in [-0.39, 0.29) is 11.9 Å². The summed E-state index contributed by atoms with van der Waals surface area (Å²) < 4.78 is 0. The van der Waals surface area contributed by atoms with Crippen LogP contribution in [-0.2, 0) is 4.79 Å². The van der Waals surface area contributed by atoms with Crippen LogP contribution in [0, 0.1) is 0 Å². The topological polar surface area (TPSA) is 82.5 Å². The van der Waals surface area contributed by atoms with Gasteiger partial charge in [0.2, 0.25) is 0 Å². The number of nitrogens with zero attached hydrogens (tertiary/aromatic N) is 2. The molecule has 1 unspecified atom stereocenters. The average molecular weight is 325 g/mol. The number of aromatic nitrogens is 1. The van der Waals surface area contributed by atoms with Crippen molar-refractivity contribution in [3.8, 4) is 0 Å². The van der Waals surface area contributed by atoms with Gasteiger partial charge < -0.3 is 15.3 Å². The van der Waals surface area contributed by atoms with Crippen molar-refractivity contribution >= 4 is 28.5 Å². The van der Waals surface area contributed by atoms with Crippen LogP contribution in [0.1, 0.15) is 23.3 Å². The van der Waals surface area contributed by atoms with E-state index in [2.05, 4.69) is 10.3 Å². The molecule has 0 spiro atoms. The average Bonchev–Trinajstić information content (AvgIpc) is 3.02. The third-order valence-corrected chi connectivity index (χ3v) is 4.13. The summed E-state index contributed by atoms with van der Waals surface area (Å²) in [7, 11) is 3.84. The molecule has 0 aliphatic heterocycles. The molecule has 0 saturated carbocycles. The highest BCUT2D eigenvalue weighted by molar-refractivity contribution is 6.00. The van der Waals surface area contributed by atoms with E-state index >= 15 is 0 Å². The first-order chi connectivity index (χ1) is 11.5. The van der Waals surface area contributed by atoms with E-state index in [1.807, 2.05) is 43.3 Å². The van der Waals surface area contributed by atoms with Crippen molar-refractivity contribution in [1.82, 2.24) is 10.3 Å². The van der Waals surface area contributed by atoms with Gasteiger partial charge in [0.15, 0.2) is 0 Å². The maximum atomic E-state index is 12.5. The molecule has 1 aromatic carbocycles. The first-order valence-corrected chi connectivity index (χ1v) is 7.76. The molecule has 3 rings (SSSR count). The Hall–Kier alpha value is -2.89. The van der Waals surface area contributed by atoms with E-state index in [1.54, 1.807) is 12.1 Å². The van der Waals surface area contributed by atoms with Crippen LogP contribution >= 0.6 is 0 Å². The number of para-hydroxylation sites is 1. The quantitative estimate of drug-likeness (QED) is 0.900. The predicted octanol–water partition coefficient (Wildman–Crippen LogP) is 2.20. The standard InChI is InChI=1S/C18H19N3O3/c1-21(2)16-10-15(20-14-6-4-3-5-13(14)16)17(22)19-12-8-7-11(9-12)18(23)24/h3-7,10,12H,8-9H2,1-2H3,(H,19,22)(H,23,24). The van der Waals surface area contributed by atoms with E-state index in [0.717, 1.165) is 16.6 Å². The largest absolute Gasteiger partial charge is 0.478 e. The van der Waals surface area contributed by atoms with E-state index in [0.29, 0.717) is 24.1 Å². The van der Waals surface area contributed by atoms with Crippen LogP contribution in [0.4, 0.5) is 5.69 Å². The Morgan fingerprint density at radius 1 is 1.29 bits per heavy atom. The smallest absolute Gasteiger partial charge is 0.331 e. The maximum absolute atomic E-state index is 12.5. The predicted molar refractivity (Wildman–Crippen MR) is 92.3 cm³/mol. The Morgan fingerprint density at radius 3 is 2.71 bits per heavy atom. The summed E-state index contributed by atoms with van der Waals surface area (Å²) in [5.74, 6) is -1.21. The minimum Gasteiger partial charge on any atom is -0.478 e. The van der Waals surface area contributed by atoms with Crippen molar-refractivity contribution < 1.29 is 14.7 Å². The number of carboxylic acids is 1. The highest BCUT2D eigenvalue weighted by Crippen LogP contribution is 2.25. The molecule has 1 aliphatic carbocycles. The lowest BCUT2D eigenvalue weighted by atomic mass is 10.1. The molecular weight excluding hydrogens is 306 g/mol. The van der Waals surface area contributed by atoms with E-state index in [9.17, 15) is 9.59 Å². The number of benzene rings is 1. The Morgan fingerprint density at radius 2 is 2.04 bits per heavy atom. The third-order valence-electron chi connectivity index (χ3n) is 4.13. The molecule has 2 aromatic rings. The fourth-order valence-corrected chi connectivity index (χ4v) is 2.90. The summed E-state index contributed by atoms with van der Waals surface area (Å²) in [6.45, 7) is 0. The second-order valence-corrected chi connectivity index (χ2v) is 6.08. The molecule has 124 valence electrons. The van der Waals surface area contributed by atoms with Gasteiger partial charge in [0.05, 0.1) is 5.52 Å². The number of hydrogen-bond acceptors (Lipinski definition) is 4. The Balaban J connectivity index is 1.84. The number of anilines is 1. The van der Waals surface area contributed by atoms with E-state index < -0.39 is 5.97 Å². The van der Waals surface area contributed by atoms with Crippen molar-refractivity contribution in [3.63, 3.8) is 0 Å². The van der Waals surface area contributed by atoms with Crippen molar-refractivity contribution in [2.24, 2.45) is 0 Å². The molecule has 1 aromatic heterocycles. The lowest BCUT2D eigenvalue weighted by Gasteiger charge is -2.17. The highest BCUT2D eigenvalue weighted by Gasteiger charge is 2.24. The number of fused-ring (bicyclic) bond motifs is 1. The SMILES string of the molecule is CN(C)c1cc(C(=O)NC2CC=C(C(=O)O)C2)nc2ccccc12. The molecule has 1 amide bonds. The number of aliphatic carboxylic acids is 1. The first kappa shape index (κ1) is 16.0. The minimum atomic E-state index is -0.925. The van der Waals surface area contributed by atoms with Crippen molar-refractivity contribution in [3.05, 3.63) is 47.7 Å². The second-order valence-electron chi connectivity index (χ2n) is 6.08. The summed E-state index contributed by atoms with van der Waals surface area (Å²) in [4.78, 5) is 29.9. The van der Waals surface area contributed by atoms with Gasteiger partial charge in [0.25, 0.3) is 5.91 Å². The zero-order valence-electron chi connectivity index (χ0n) is 13.6. The molecule has 1 heterocycles. The number of hydrogen-bond donors (Lipinski definition) is 2. The van der Waals surface area contributed by atoms with Crippen LogP contribution < -0.4 is 10.2 Å². The summed E-state index contributed by atoms with van der Waals surface area (Å²) >= 11 is 0. The number of carboxylic acid groups (broad SMARTS) is 1. The second kappa shape index (κ2) is 6.31. The molecule has 2 N–H and O–H groups in total. The molecule has 0 saturated heterocycles. The molecule has 24 heavy (non-hydrogen) atoms. The van der Waals surface area contributed by atoms with Crippen LogP contribution in [0.3, 0.4) is 0 Å². The molecular formula is C18H19N3O3. The molecule has 1 atom stereocenters. The van der Waals surface area contributed by atoms with Crippen LogP contribution in [-0.4, -0.2) is 42.1 Å². The van der Waals surface area contributed by atoms with Crippen molar-refractivity contribution in [1.29, 1.82) is 0 Å². The molecule has 1 aliphatic rings. The van der Waals surface area contributed by atoms with E-state index in [1.165, 1.54) is 0 Å². The molecule has 0 radical (unpaired) electrons. The fraction of sp³-hybridized carbons (Fsp3) is 0.278. The number of pyridine rings is 1. The Labute approximate surface area is 139 Å². The number of carbonyl (C=O) groups excluding carboxylic acids is 1. The van der Waals surface area contributed by atoms with Gasteiger partial charge in [-0.15, -0.1) is 0 Å². The summed E-state index contributed by atoms with van der Waals surface area (Å²) in [6.07, 6.45) is 2.53. The van der Waals surface area contributed by atoms with Gasteiger partial charge in [0, 0.05) is 36.8 Å². The monoisotopic (exact) mass is 325 g/mol. The Kier molecular flexibility index (Phi) is 4.20. The van der Waals surface area contributed by atoms with Gasteiger partial charge >= 0.3 is 5.97 Å². The number of amides is 1. The van der Waals surface area contributed by atoms with Crippen LogP contribution in [0.25, 0.3) is 10.9 Å². The lowest BCUT2D eigenvalue weighted by molar-refractivity contribution is -0.132.